The largest absolute Gasteiger partial charge is 0.370 e. The summed E-state index contributed by atoms with van der Waals surface area (Å²) in [5, 5.41) is 5.23. The highest BCUT2D eigenvalue weighted by molar-refractivity contribution is 7.10. The highest BCUT2D eigenvalue weighted by Crippen LogP contribution is 2.23. The number of hydrogen-bond donors (Lipinski definition) is 1. The molecule has 4 nitrogen and oxygen atoms in total. The fraction of sp³-hybridized carbons (Fsp3) is 0.450. The van der Waals surface area contributed by atoms with Crippen LogP contribution in [0.25, 0.3) is 0 Å². The van der Waals surface area contributed by atoms with E-state index in [4.69, 9.17) is 0 Å². The van der Waals surface area contributed by atoms with Gasteiger partial charge in [0.15, 0.2) is 0 Å². The van der Waals surface area contributed by atoms with Gasteiger partial charge in [-0.05, 0) is 55.0 Å². The minimum Gasteiger partial charge on any atom is -0.370 e. The lowest BCUT2D eigenvalue weighted by molar-refractivity contribution is -0.122. The first-order valence-corrected chi connectivity index (χ1v) is 9.89. The van der Waals surface area contributed by atoms with Crippen LogP contribution < -0.4 is 10.2 Å². The molecular formula is C20H27N3OS. The zero-order valence-corrected chi connectivity index (χ0v) is 15.9. The molecule has 0 radical (unpaired) electrons. The van der Waals surface area contributed by atoms with Crippen LogP contribution in [0.15, 0.2) is 35.7 Å². The summed E-state index contributed by atoms with van der Waals surface area (Å²) in [4.78, 5) is 18.3. The van der Waals surface area contributed by atoms with Crippen LogP contribution in [0.5, 0.6) is 0 Å². The molecule has 1 amide bonds. The zero-order valence-electron chi connectivity index (χ0n) is 15.1. The lowest BCUT2D eigenvalue weighted by atomic mass is 10.1. The van der Waals surface area contributed by atoms with Crippen molar-refractivity contribution in [2.24, 2.45) is 0 Å². The summed E-state index contributed by atoms with van der Waals surface area (Å²) in [6.45, 7) is 9.08. The number of nitrogens with one attached hydrogen (secondary N) is 1. The highest BCUT2D eigenvalue weighted by atomic mass is 32.1. The summed E-state index contributed by atoms with van der Waals surface area (Å²) in [7, 11) is 0. The van der Waals surface area contributed by atoms with E-state index in [1.165, 1.54) is 21.7 Å². The molecule has 0 unspecified atom stereocenters. The summed E-state index contributed by atoms with van der Waals surface area (Å²) in [6, 6.07) is 10.7. The second kappa shape index (κ2) is 8.50. The Morgan fingerprint density at radius 3 is 3.04 bits per heavy atom. The Labute approximate surface area is 154 Å². The van der Waals surface area contributed by atoms with Crippen LogP contribution in [0.2, 0.25) is 0 Å². The SMILES string of the molecule is CCN(CCNC(=O)CN1CCc2sccc2C1)c1cccc(C)c1. The summed E-state index contributed by atoms with van der Waals surface area (Å²) >= 11 is 1.83. The number of carbonyl (C=O) groups is 1. The van der Waals surface area contributed by atoms with E-state index in [0.717, 1.165) is 32.6 Å². The van der Waals surface area contributed by atoms with Gasteiger partial charge in [-0.1, -0.05) is 12.1 Å². The average molecular weight is 358 g/mol. The molecule has 0 bridgehead atoms. The van der Waals surface area contributed by atoms with E-state index < -0.39 is 0 Å². The molecule has 1 aromatic heterocycles. The van der Waals surface area contributed by atoms with Gasteiger partial charge >= 0.3 is 0 Å². The van der Waals surface area contributed by atoms with Gasteiger partial charge in [0.05, 0.1) is 6.54 Å². The number of fused-ring (bicyclic) bond motifs is 1. The lowest BCUT2D eigenvalue weighted by Gasteiger charge is -2.27. The van der Waals surface area contributed by atoms with Gasteiger partial charge in [0, 0.05) is 43.3 Å². The normalized spacial score (nSPS) is 14.2. The molecule has 1 N–H and O–H groups in total. The fourth-order valence-electron chi connectivity index (χ4n) is 3.33. The summed E-state index contributed by atoms with van der Waals surface area (Å²) < 4.78 is 0. The van der Waals surface area contributed by atoms with Crippen molar-refractivity contribution in [1.29, 1.82) is 0 Å². The topological polar surface area (TPSA) is 35.6 Å². The van der Waals surface area contributed by atoms with E-state index in [0.29, 0.717) is 13.1 Å². The van der Waals surface area contributed by atoms with Gasteiger partial charge in [0.25, 0.3) is 0 Å². The Morgan fingerprint density at radius 2 is 2.24 bits per heavy atom. The number of nitrogens with zero attached hydrogens (tertiary/aromatic N) is 2. The number of likely N-dealkylation sites (N-methyl/N-ethyl adjacent to an activating group) is 1. The van der Waals surface area contributed by atoms with Crippen LogP contribution in [0.3, 0.4) is 0 Å². The average Bonchev–Trinajstić information content (AvgIpc) is 3.06. The van der Waals surface area contributed by atoms with Gasteiger partial charge in [-0.2, -0.15) is 0 Å². The van der Waals surface area contributed by atoms with Gasteiger partial charge < -0.3 is 10.2 Å². The number of carbonyl (C=O) groups excluding carboxylic acids is 1. The van der Waals surface area contributed by atoms with E-state index in [1.54, 1.807) is 0 Å². The van der Waals surface area contributed by atoms with Gasteiger partial charge in [0.2, 0.25) is 5.91 Å². The van der Waals surface area contributed by atoms with E-state index in [-0.39, 0.29) is 5.91 Å². The molecule has 2 aromatic rings. The van der Waals surface area contributed by atoms with Crippen molar-refractivity contribution in [3.05, 3.63) is 51.7 Å². The maximum atomic E-state index is 12.3. The molecule has 1 aliphatic rings. The van der Waals surface area contributed by atoms with Crippen LogP contribution in [0.4, 0.5) is 5.69 Å². The van der Waals surface area contributed by atoms with Crippen LogP contribution in [0.1, 0.15) is 22.9 Å². The minimum absolute atomic E-state index is 0.124. The molecule has 2 heterocycles. The molecule has 0 aliphatic carbocycles. The number of rotatable bonds is 7. The Balaban J connectivity index is 1.43. The summed E-state index contributed by atoms with van der Waals surface area (Å²) in [5.74, 6) is 0.124. The van der Waals surface area contributed by atoms with Crippen LogP contribution in [-0.2, 0) is 17.8 Å². The summed E-state index contributed by atoms with van der Waals surface area (Å²) in [6.07, 6.45) is 1.07. The Morgan fingerprint density at radius 1 is 1.36 bits per heavy atom. The predicted molar refractivity (Wildman–Crippen MR) is 105 cm³/mol. The minimum atomic E-state index is 0.124. The van der Waals surface area contributed by atoms with E-state index >= 15 is 0 Å². The Hall–Kier alpha value is -1.85. The van der Waals surface area contributed by atoms with Crippen molar-refractivity contribution < 1.29 is 4.79 Å². The molecule has 0 saturated heterocycles. The zero-order chi connectivity index (χ0) is 17.6. The molecule has 5 heteroatoms. The number of benzene rings is 1. The first-order valence-electron chi connectivity index (χ1n) is 9.01. The monoisotopic (exact) mass is 357 g/mol. The fourth-order valence-corrected chi connectivity index (χ4v) is 4.22. The quantitative estimate of drug-likeness (QED) is 0.827. The molecule has 25 heavy (non-hydrogen) atoms. The lowest BCUT2D eigenvalue weighted by Crippen LogP contribution is -2.42. The molecular weight excluding hydrogens is 330 g/mol. The predicted octanol–water partition coefficient (Wildman–Crippen LogP) is 3.06. The van der Waals surface area contributed by atoms with Crippen molar-refractivity contribution >= 4 is 22.9 Å². The van der Waals surface area contributed by atoms with Crippen molar-refractivity contribution in [3.63, 3.8) is 0 Å². The molecule has 0 fully saturated rings. The third-order valence-corrected chi connectivity index (χ3v) is 5.73. The van der Waals surface area contributed by atoms with Gasteiger partial charge in [-0.25, -0.2) is 0 Å². The van der Waals surface area contributed by atoms with Gasteiger partial charge in [-0.3, -0.25) is 9.69 Å². The number of hydrogen-bond acceptors (Lipinski definition) is 4. The van der Waals surface area contributed by atoms with E-state index in [9.17, 15) is 4.79 Å². The van der Waals surface area contributed by atoms with Crippen molar-refractivity contribution in [1.82, 2.24) is 10.2 Å². The number of anilines is 1. The Kier molecular flexibility index (Phi) is 6.10. The maximum absolute atomic E-state index is 12.3. The Bertz CT molecular complexity index is 712. The van der Waals surface area contributed by atoms with Gasteiger partial charge in [0.1, 0.15) is 0 Å². The molecule has 0 spiro atoms. The third kappa shape index (κ3) is 4.83. The number of amides is 1. The molecule has 1 aromatic carbocycles. The second-order valence-electron chi connectivity index (χ2n) is 6.60. The van der Waals surface area contributed by atoms with Gasteiger partial charge in [-0.15, -0.1) is 11.3 Å². The molecule has 0 saturated carbocycles. The van der Waals surface area contributed by atoms with Crippen molar-refractivity contribution in [3.8, 4) is 0 Å². The molecule has 134 valence electrons. The smallest absolute Gasteiger partial charge is 0.234 e. The first kappa shape index (κ1) is 18.0. The summed E-state index contributed by atoms with van der Waals surface area (Å²) in [5.41, 5.74) is 3.87. The van der Waals surface area contributed by atoms with Crippen molar-refractivity contribution in [2.45, 2.75) is 26.8 Å². The highest BCUT2D eigenvalue weighted by Gasteiger charge is 2.19. The van der Waals surface area contributed by atoms with E-state index in [2.05, 4.69) is 64.7 Å². The van der Waals surface area contributed by atoms with Crippen LogP contribution >= 0.6 is 11.3 Å². The van der Waals surface area contributed by atoms with Crippen LogP contribution in [-0.4, -0.2) is 43.5 Å². The molecule has 1 aliphatic heterocycles. The third-order valence-electron chi connectivity index (χ3n) is 4.71. The second-order valence-corrected chi connectivity index (χ2v) is 7.60. The molecule has 0 atom stereocenters. The molecule has 3 rings (SSSR count). The first-order chi connectivity index (χ1) is 12.2. The van der Waals surface area contributed by atoms with E-state index in [1.807, 2.05) is 11.3 Å². The standard InChI is InChI=1S/C20H27N3OS/c1-3-23(18-6-4-5-16(2)13-18)11-9-21-20(24)15-22-10-7-19-17(14-22)8-12-25-19/h4-6,8,12-13H,3,7,9-11,14-15H2,1-2H3,(H,21,24). The number of aryl methyl sites for hydroxylation is 1. The van der Waals surface area contributed by atoms with Crippen molar-refractivity contribution in [2.75, 3.05) is 37.6 Å². The maximum Gasteiger partial charge on any atom is 0.234 e. The van der Waals surface area contributed by atoms with Crippen LogP contribution in [0, 0.1) is 6.92 Å². The number of thiophene rings is 1.